The van der Waals surface area contributed by atoms with Gasteiger partial charge in [-0.15, -0.1) is 0 Å². The molecule has 1 aromatic rings. The zero-order valence-electron chi connectivity index (χ0n) is 16.2. The highest BCUT2D eigenvalue weighted by Crippen LogP contribution is 2.21. The molecule has 4 heterocycles. The largest absolute Gasteiger partial charge is 0.379 e. The number of carbonyl (C=O) groups excluding carboxylic acids is 2. The van der Waals surface area contributed by atoms with Crippen molar-refractivity contribution in [2.75, 3.05) is 77.0 Å². The summed E-state index contributed by atoms with van der Waals surface area (Å²) in [6.45, 7) is 8.18. The Morgan fingerprint density at radius 1 is 1.04 bits per heavy atom. The molecule has 4 rings (SSSR count). The van der Waals surface area contributed by atoms with Crippen LogP contribution in [0.4, 0.5) is 5.95 Å². The van der Waals surface area contributed by atoms with Crippen molar-refractivity contribution < 1.29 is 14.3 Å². The number of piperazine rings is 1. The molecule has 0 bridgehead atoms. The molecular formula is C19H28N6O3. The van der Waals surface area contributed by atoms with Gasteiger partial charge in [0, 0.05) is 77.7 Å². The molecule has 28 heavy (non-hydrogen) atoms. The highest BCUT2D eigenvalue weighted by atomic mass is 16.5. The van der Waals surface area contributed by atoms with Gasteiger partial charge in [0.1, 0.15) is 0 Å². The molecule has 0 aromatic carbocycles. The fourth-order valence-corrected chi connectivity index (χ4v) is 4.08. The van der Waals surface area contributed by atoms with Gasteiger partial charge < -0.3 is 19.4 Å². The van der Waals surface area contributed by atoms with Gasteiger partial charge in [-0.1, -0.05) is 0 Å². The van der Waals surface area contributed by atoms with Gasteiger partial charge in [-0.2, -0.15) is 0 Å². The van der Waals surface area contributed by atoms with Crippen LogP contribution in [-0.2, 0) is 14.3 Å². The third-order valence-electron chi connectivity index (χ3n) is 5.78. The van der Waals surface area contributed by atoms with Crippen LogP contribution in [0.25, 0.3) is 0 Å². The van der Waals surface area contributed by atoms with Crippen LogP contribution in [0.5, 0.6) is 0 Å². The van der Waals surface area contributed by atoms with Crippen molar-refractivity contribution in [1.82, 2.24) is 24.7 Å². The number of anilines is 1. The molecule has 1 unspecified atom stereocenters. The second kappa shape index (κ2) is 8.83. The van der Waals surface area contributed by atoms with E-state index in [9.17, 15) is 9.59 Å². The predicted octanol–water partition coefficient (Wildman–Crippen LogP) is -0.694. The van der Waals surface area contributed by atoms with Gasteiger partial charge in [-0.05, 0) is 6.07 Å². The molecule has 3 aliphatic rings. The molecule has 3 saturated heterocycles. The number of aromatic nitrogens is 2. The van der Waals surface area contributed by atoms with Gasteiger partial charge in [-0.25, -0.2) is 9.97 Å². The average Bonchev–Trinajstić information content (AvgIpc) is 3.14. The van der Waals surface area contributed by atoms with Crippen molar-refractivity contribution in [3.05, 3.63) is 18.5 Å². The van der Waals surface area contributed by atoms with Crippen LogP contribution >= 0.6 is 0 Å². The van der Waals surface area contributed by atoms with Crippen LogP contribution in [0.15, 0.2) is 18.5 Å². The summed E-state index contributed by atoms with van der Waals surface area (Å²) in [4.78, 5) is 42.0. The molecule has 0 N–H and O–H groups in total. The van der Waals surface area contributed by atoms with Crippen LogP contribution in [-0.4, -0.2) is 109 Å². The van der Waals surface area contributed by atoms with Gasteiger partial charge in [-0.3, -0.25) is 14.5 Å². The lowest BCUT2D eigenvalue weighted by molar-refractivity contribution is -0.136. The fourth-order valence-electron chi connectivity index (χ4n) is 4.08. The molecule has 0 radical (unpaired) electrons. The maximum atomic E-state index is 12.9. The highest BCUT2D eigenvalue weighted by Gasteiger charge is 2.37. The molecule has 9 nitrogen and oxygen atoms in total. The minimum absolute atomic E-state index is 0.0999. The first-order valence-corrected chi connectivity index (χ1v) is 10.1. The van der Waals surface area contributed by atoms with E-state index in [0.717, 1.165) is 45.9 Å². The van der Waals surface area contributed by atoms with Crippen molar-refractivity contribution in [2.24, 2.45) is 5.92 Å². The van der Waals surface area contributed by atoms with E-state index in [-0.39, 0.29) is 17.7 Å². The molecule has 0 saturated carbocycles. The van der Waals surface area contributed by atoms with Crippen molar-refractivity contribution in [3.63, 3.8) is 0 Å². The molecule has 1 aromatic heterocycles. The van der Waals surface area contributed by atoms with Crippen molar-refractivity contribution in [3.8, 4) is 0 Å². The molecule has 2 amide bonds. The van der Waals surface area contributed by atoms with Gasteiger partial charge in [0.05, 0.1) is 19.1 Å². The number of carbonyl (C=O) groups is 2. The summed E-state index contributed by atoms with van der Waals surface area (Å²) in [7, 11) is 0. The Morgan fingerprint density at radius 2 is 1.75 bits per heavy atom. The van der Waals surface area contributed by atoms with Crippen molar-refractivity contribution in [1.29, 1.82) is 0 Å². The normalized spacial score (nSPS) is 24.1. The lowest BCUT2D eigenvalue weighted by Gasteiger charge is -2.35. The zero-order valence-corrected chi connectivity index (χ0v) is 16.2. The van der Waals surface area contributed by atoms with Gasteiger partial charge >= 0.3 is 0 Å². The summed E-state index contributed by atoms with van der Waals surface area (Å²) in [6, 6.07) is 1.80. The van der Waals surface area contributed by atoms with E-state index in [0.29, 0.717) is 38.5 Å². The summed E-state index contributed by atoms with van der Waals surface area (Å²) >= 11 is 0. The Morgan fingerprint density at radius 3 is 2.46 bits per heavy atom. The summed E-state index contributed by atoms with van der Waals surface area (Å²) in [5.74, 6) is 0.704. The molecule has 1 atom stereocenters. The van der Waals surface area contributed by atoms with E-state index < -0.39 is 0 Å². The van der Waals surface area contributed by atoms with Gasteiger partial charge in [0.25, 0.3) is 0 Å². The van der Waals surface area contributed by atoms with Crippen LogP contribution in [0.3, 0.4) is 0 Å². The lowest BCUT2D eigenvalue weighted by atomic mass is 10.1. The smallest absolute Gasteiger partial charge is 0.228 e. The first-order valence-electron chi connectivity index (χ1n) is 10.1. The van der Waals surface area contributed by atoms with Gasteiger partial charge in [0.2, 0.25) is 17.8 Å². The fraction of sp³-hybridized carbons (Fsp3) is 0.684. The number of hydrogen-bond donors (Lipinski definition) is 0. The maximum absolute atomic E-state index is 12.9. The number of morpholine rings is 1. The van der Waals surface area contributed by atoms with Crippen molar-refractivity contribution >= 4 is 17.8 Å². The van der Waals surface area contributed by atoms with Crippen LogP contribution in [0.1, 0.15) is 6.42 Å². The lowest BCUT2D eigenvalue weighted by Crippen LogP contribution is -2.51. The topological polar surface area (TPSA) is 82.1 Å². The second-order valence-electron chi connectivity index (χ2n) is 7.56. The molecular weight excluding hydrogens is 360 g/mol. The summed E-state index contributed by atoms with van der Waals surface area (Å²) in [5.41, 5.74) is 0. The summed E-state index contributed by atoms with van der Waals surface area (Å²) in [6.07, 6.45) is 3.80. The standard InChI is InChI=1S/C19H28N6O3/c26-17-14-16(15-25(17)5-4-22-10-12-28-13-11-22)18(27)23-6-8-24(9-7-23)19-20-2-1-3-21-19/h1-3,16H,4-15H2. The summed E-state index contributed by atoms with van der Waals surface area (Å²) in [5, 5.41) is 0. The number of likely N-dealkylation sites (tertiary alicyclic amines) is 1. The monoisotopic (exact) mass is 388 g/mol. The predicted molar refractivity (Wildman–Crippen MR) is 103 cm³/mol. The molecule has 152 valence electrons. The Labute approximate surface area is 165 Å². The third-order valence-corrected chi connectivity index (χ3v) is 5.78. The highest BCUT2D eigenvalue weighted by molar-refractivity contribution is 5.89. The van der Waals surface area contributed by atoms with Crippen molar-refractivity contribution in [2.45, 2.75) is 6.42 Å². The number of amides is 2. The van der Waals surface area contributed by atoms with E-state index in [2.05, 4.69) is 19.8 Å². The van der Waals surface area contributed by atoms with Crippen LogP contribution in [0.2, 0.25) is 0 Å². The first kappa shape index (κ1) is 19.1. The quantitative estimate of drug-likeness (QED) is 0.660. The Kier molecular flexibility index (Phi) is 6.01. The Balaban J connectivity index is 1.24. The number of nitrogens with zero attached hydrogens (tertiary/aromatic N) is 6. The molecule has 0 aliphatic carbocycles. The van der Waals surface area contributed by atoms with Crippen LogP contribution < -0.4 is 4.90 Å². The minimum atomic E-state index is -0.211. The van der Waals surface area contributed by atoms with Crippen LogP contribution in [0, 0.1) is 5.92 Å². The zero-order chi connectivity index (χ0) is 19.3. The molecule has 9 heteroatoms. The number of ether oxygens (including phenoxy) is 1. The number of rotatable bonds is 5. The third kappa shape index (κ3) is 4.41. The molecule has 3 aliphatic heterocycles. The second-order valence-corrected chi connectivity index (χ2v) is 7.56. The summed E-state index contributed by atoms with van der Waals surface area (Å²) < 4.78 is 5.36. The Hall–Kier alpha value is -2.26. The van der Waals surface area contributed by atoms with Gasteiger partial charge in [0.15, 0.2) is 0 Å². The van der Waals surface area contributed by atoms with E-state index >= 15 is 0 Å². The Bertz CT molecular complexity index is 674. The molecule has 0 spiro atoms. The SMILES string of the molecule is O=C1CC(C(=O)N2CCN(c3ncccn3)CC2)CN1CCN1CCOCC1. The van der Waals surface area contributed by atoms with E-state index in [1.807, 2.05) is 9.80 Å². The average molecular weight is 388 g/mol. The van der Waals surface area contributed by atoms with E-state index in [1.54, 1.807) is 18.5 Å². The molecule has 3 fully saturated rings. The van der Waals surface area contributed by atoms with E-state index in [1.165, 1.54) is 0 Å². The first-order chi connectivity index (χ1) is 13.7. The maximum Gasteiger partial charge on any atom is 0.228 e. The van der Waals surface area contributed by atoms with E-state index in [4.69, 9.17) is 4.74 Å². The minimum Gasteiger partial charge on any atom is -0.379 e. The number of hydrogen-bond acceptors (Lipinski definition) is 7.